The number of aromatic nitrogens is 2. The highest BCUT2D eigenvalue weighted by molar-refractivity contribution is 6.31. The Kier molecular flexibility index (Phi) is 6.05. The van der Waals surface area contributed by atoms with E-state index in [0.29, 0.717) is 17.5 Å². The number of carbonyl (C=O) groups is 1. The van der Waals surface area contributed by atoms with Gasteiger partial charge in [0.1, 0.15) is 5.82 Å². The van der Waals surface area contributed by atoms with Crippen molar-refractivity contribution in [2.24, 2.45) is 11.3 Å². The first-order chi connectivity index (χ1) is 12.9. The van der Waals surface area contributed by atoms with Gasteiger partial charge in [-0.3, -0.25) is 4.98 Å². The summed E-state index contributed by atoms with van der Waals surface area (Å²) in [5.41, 5.74) is 1.84. The maximum Gasteiger partial charge on any atom is 0.404 e. The van der Waals surface area contributed by atoms with Gasteiger partial charge < -0.3 is 15.3 Å². The number of halogens is 1. The normalized spacial score (nSPS) is 16.7. The van der Waals surface area contributed by atoms with Crippen LogP contribution in [-0.2, 0) is 0 Å². The SMILES string of the molecule is CC(C)CC1(CCNC(=O)O)CCN(c2cnc3cc(Cl)ccc3n2)CC1. The van der Waals surface area contributed by atoms with Gasteiger partial charge in [-0.25, -0.2) is 9.78 Å². The molecule has 1 saturated heterocycles. The fraction of sp³-hybridized carbons (Fsp3) is 0.550. The number of carboxylic acid groups (broad SMARTS) is 1. The number of benzene rings is 1. The summed E-state index contributed by atoms with van der Waals surface area (Å²) < 4.78 is 0. The molecule has 7 heteroatoms. The van der Waals surface area contributed by atoms with E-state index in [1.807, 2.05) is 24.4 Å². The van der Waals surface area contributed by atoms with Gasteiger partial charge in [-0.1, -0.05) is 25.4 Å². The lowest BCUT2D eigenvalue weighted by molar-refractivity contribution is 0.152. The number of hydrogen-bond acceptors (Lipinski definition) is 4. The number of nitrogens with one attached hydrogen (secondary N) is 1. The minimum atomic E-state index is -0.946. The average Bonchev–Trinajstić information content (AvgIpc) is 2.61. The van der Waals surface area contributed by atoms with Gasteiger partial charge in [-0.05, 0) is 55.2 Å². The molecule has 0 bridgehead atoms. The van der Waals surface area contributed by atoms with Crippen LogP contribution in [0.1, 0.15) is 39.5 Å². The molecule has 1 fully saturated rings. The molecule has 1 aromatic carbocycles. The molecule has 2 heterocycles. The monoisotopic (exact) mass is 390 g/mol. The van der Waals surface area contributed by atoms with Crippen molar-refractivity contribution in [3.63, 3.8) is 0 Å². The summed E-state index contributed by atoms with van der Waals surface area (Å²) >= 11 is 6.02. The van der Waals surface area contributed by atoms with Crippen molar-refractivity contribution in [3.05, 3.63) is 29.4 Å². The Morgan fingerprint density at radius 2 is 2.07 bits per heavy atom. The lowest BCUT2D eigenvalue weighted by Gasteiger charge is -2.43. The molecule has 2 aromatic rings. The van der Waals surface area contributed by atoms with Crippen LogP contribution in [0.4, 0.5) is 10.6 Å². The number of amides is 1. The van der Waals surface area contributed by atoms with Gasteiger partial charge in [0.05, 0.1) is 17.2 Å². The number of hydrogen-bond donors (Lipinski definition) is 2. The second-order valence-electron chi connectivity index (χ2n) is 7.93. The van der Waals surface area contributed by atoms with Crippen molar-refractivity contribution in [1.82, 2.24) is 15.3 Å². The number of piperidine rings is 1. The van der Waals surface area contributed by atoms with Gasteiger partial charge in [-0.15, -0.1) is 0 Å². The lowest BCUT2D eigenvalue weighted by Crippen LogP contribution is -2.42. The summed E-state index contributed by atoms with van der Waals surface area (Å²) in [4.78, 5) is 22.3. The van der Waals surface area contributed by atoms with E-state index >= 15 is 0 Å². The molecule has 27 heavy (non-hydrogen) atoms. The van der Waals surface area contributed by atoms with Crippen molar-refractivity contribution < 1.29 is 9.90 Å². The largest absolute Gasteiger partial charge is 0.465 e. The zero-order chi connectivity index (χ0) is 19.4. The summed E-state index contributed by atoms with van der Waals surface area (Å²) in [5.74, 6) is 1.48. The number of nitrogens with zero attached hydrogens (tertiary/aromatic N) is 3. The van der Waals surface area contributed by atoms with Crippen LogP contribution in [0.15, 0.2) is 24.4 Å². The summed E-state index contributed by atoms with van der Waals surface area (Å²) in [6.45, 7) is 6.80. The number of rotatable bonds is 6. The van der Waals surface area contributed by atoms with Crippen LogP contribution in [-0.4, -0.2) is 40.8 Å². The van der Waals surface area contributed by atoms with Crippen LogP contribution in [0.25, 0.3) is 11.0 Å². The van der Waals surface area contributed by atoms with Crippen LogP contribution in [0.5, 0.6) is 0 Å². The van der Waals surface area contributed by atoms with E-state index in [9.17, 15) is 4.79 Å². The molecule has 0 atom stereocenters. The first kappa shape index (κ1) is 19.7. The maximum atomic E-state index is 10.8. The molecule has 6 nitrogen and oxygen atoms in total. The van der Waals surface area contributed by atoms with Crippen LogP contribution >= 0.6 is 11.6 Å². The van der Waals surface area contributed by atoms with Crippen molar-refractivity contribution >= 4 is 34.5 Å². The highest BCUT2D eigenvalue weighted by atomic mass is 35.5. The van der Waals surface area contributed by atoms with E-state index in [1.165, 1.54) is 0 Å². The summed E-state index contributed by atoms with van der Waals surface area (Å²) in [6.07, 6.45) is 4.94. The molecule has 1 amide bonds. The van der Waals surface area contributed by atoms with E-state index in [2.05, 4.69) is 29.0 Å². The molecule has 1 aliphatic rings. The maximum absolute atomic E-state index is 10.8. The highest BCUT2D eigenvalue weighted by Crippen LogP contribution is 2.41. The minimum Gasteiger partial charge on any atom is -0.465 e. The molecular formula is C20H27ClN4O2. The van der Waals surface area contributed by atoms with Crippen LogP contribution in [0, 0.1) is 11.3 Å². The van der Waals surface area contributed by atoms with E-state index in [-0.39, 0.29) is 5.41 Å². The quantitative estimate of drug-likeness (QED) is 0.755. The third kappa shape index (κ3) is 5.01. The van der Waals surface area contributed by atoms with Gasteiger partial charge in [0.2, 0.25) is 0 Å². The Labute approximate surface area is 164 Å². The van der Waals surface area contributed by atoms with E-state index in [1.54, 1.807) is 0 Å². The number of fused-ring (bicyclic) bond motifs is 1. The fourth-order valence-corrected chi connectivity index (χ4v) is 4.36. The number of anilines is 1. The first-order valence-corrected chi connectivity index (χ1v) is 9.89. The molecule has 0 unspecified atom stereocenters. The van der Waals surface area contributed by atoms with E-state index in [0.717, 1.165) is 55.6 Å². The summed E-state index contributed by atoms with van der Waals surface area (Å²) in [5, 5.41) is 12.1. The standard InChI is InChI=1S/C20H27ClN4O2/c1-14(2)12-20(5-8-22-19(26)27)6-9-25(10-7-20)18-13-23-17-11-15(21)3-4-16(17)24-18/h3-4,11,13-14,22H,5-10,12H2,1-2H3,(H,26,27). The molecule has 0 radical (unpaired) electrons. The average molecular weight is 391 g/mol. The highest BCUT2D eigenvalue weighted by Gasteiger charge is 2.35. The summed E-state index contributed by atoms with van der Waals surface area (Å²) in [6, 6.07) is 5.56. The van der Waals surface area contributed by atoms with Gasteiger partial charge in [0.15, 0.2) is 0 Å². The van der Waals surface area contributed by atoms with Crippen LogP contribution in [0.3, 0.4) is 0 Å². The fourth-order valence-electron chi connectivity index (χ4n) is 4.19. The van der Waals surface area contributed by atoms with Gasteiger partial charge in [-0.2, -0.15) is 0 Å². The molecular weight excluding hydrogens is 364 g/mol. The zero-order valence-electron chi connectivity index (χ0n) is 15.9. The second-order valence-corrected chi connectivity index (χ2v) is 8.36. The van der Waals surface area contributed by atoms with Gasteiger partial charge >= 0.3 is 6.09 Å². The molecule has 0 spiro atoms. The van der Waals surface area contributed by atoms with Crippen LogP contribution < -0.4 is 10.2 Å². The zero-order valence-corrected chi connectivity index (χ0v) is 16.7. The Hall–Kier alpha value is -2.08. The van der Waals surface area contributed by atoms with Crippen LogP contribution in [0.2, 0.25) is 5.02 Å². The predicted molar refractivity (Wildman–Crippen MR) is 109 cm³/mol. The molecule has 0 aliphatic carbocycles. The molecule has 0 saturated carbocycles. The predicted octanol–water partition coefficient (Wildman–Crippen LogP) is 4.57. The smallest absolute Gasteiger partial charge is 0.404 e. The van der Waals surface area contributed by atoms with Crippen molar-refractivity contribution in [3.8, 4) is 0 Å². The molecule has 1 aromatic heterocycles. The summed E-state index contributed by atoms with van der Waals surface area (Å²) in [7, 11) is 0. The Morgan fingerprint density at radius 3 is 2.74 bits per heavy atom. The second kappa shape index (κ2) is 8.30. The van der Waals surface area contributed by atoms with Gasteiger partial charge in [0, 0.05) is 24.7 Å². The molecule has 3 rings (SSSR count). The topological polar surface area (TPSA) is 78.4 Å². The molecule has 2 N–H and O–H groups in total. The lowest BCUT2D eigenvalue weighted by atomic mass is 9.70. The Morgan fingerprint density at radius 1 is 1.33 bits per heavy atom. The molecule has 1 aliphatic heterocycles. The van der Waals surface area contributed by atoms with Crippen molar-refractivity contribution in [2.45, 2.75) is 39.5 Å². The van der Waals surface area contributed by atoms with Crippen molar-refractivity contribution in [1.29, 1.82) is 0 Å². The minimum absolute atomic E-state index is 0.185. The van der Waals surface area contributed by atoms with Gasteiger partial charge in [0.25, 0.3) is 0 Å². The van der Waals surface area contributed by atoms with Crippen molar-refractivity contribution in [2.75, 3.05) is 24.5 Å². The Balaban J connectivity index is 1.69. The first-order valence-electron chi connectivity index (χ1n) is 9.51. The van der Waals surface area contributed by atoms with E-state index in [4.69, 9.17) is 21.7 Å². The third-order valence-electron chi connectivity index (χ3n) is 5.41. The third-order valence-corrected chi connectivity index (χ3v) is 5.65. The molecule has 146 valence electrons. The Bertz CT molecular complexity index is 804. The van der Waals surface area contributed by atoms with E-state index < -0.39 is 6.09 Å².